The van der Waals surface area contributed by atoms with Gasteiger partial charge in [-0.15, -0.1) is 0 Å². The van der Waals surface area contributed by atoms with Crippen LogP contribution in [-0.4, -0.2) is 61.5 Å². The Morgan fingerprint density at radius 2 is 1.70 bits per heavy atom. The van der Waals surface area contributed by atoms with Crippen molar-refractivity contribution in [2.24, 2.45) is 5.92 Å². The molecule has 8 rings (SSSR count). The molecule has 0 saturated carbocycles. The van der Waals surface area contributed by atoms with Gasteiger partial charge in [0.1, 0.15) is 5.75 Å². The topological polar surface area (TPSA) is 99.6 Å². The van der Waals surface area contributed by atoms with E-state index in [0.29, 0.717) is 46.4 Å². The van der Waals surface area contributed by atoms with Gasteiger partial charge in [0.05, 0.1) is 43.1 Å². The number of halogens is 2. The van der Waals surface area contributed by atoms with E-state index in [4.69, 9.17) is 21.1 Å². The number of rotatable bonds is 7. The van der Waals surface area contributed by atoms with E-state index in [2.05, 4.69) is 0 Å². The van der Waals surface area contributed by atoms with Crippen LogP contribution < -0.4 is 14.5 Å². The Morgan fingerprint density at radius 3 is 2.43 bits per heavy atom. The van der Waals surface area contributed by atoms with Gasteiger partial charge in [0.15, 0.2) is 12.2 Å². The Hall–Kier alpha value is -4.55. The Bertz CT molecular complexity index is 2110. The zero-order chi connectivity index (χ0) is 37.2. The molecule has 0 aromatic heterocycles. The molecule has 4 aliphatic heterocycles. The first-order valence-electron chi connectivity index (χ1n) is 18.0. The molecule has 12 heteroatoms. The normalized spacial score (nSPS) is 25.0. The summed E-state index contributed by atoms with van der Waals surface area (Å²) in [4.78, 5) is 46.9. The second kappa shape index (κ2) is 13.4. The fourth-order valence-corrected chi connectivity index (χ4v) is 11.7. The summed E-state index contributed by atoms with van der Waals surface area (Å²) in [6.07, 6.45) is -0.471. The molecule has 1 fully saturated rings. The fourth-order valence-electron chi connectivity index (χ4n) is 9.03. The second-order valence-corrected chi connectivity index (χ2v) is 19.2. The molecule has 0 aliphatic carbocycles. The number of aliphatic hydroxyl groups excluding tert-OH is 1. The predicted octanol–water partition coefficient (Wildman–Crippen LogP) is 7.05. The van der Waals surface area contributed by atoms with E-state index in [0.717, 1.165) is 16.7 Å². The first-order valence-corrected chi connectivity index (χ1v) is 21.3. The van der Waals surface area contributed by atoms with E-state index >= 15 is 4.11 Å². The van der Waals surface area contributed by atoms with Crippen molar-refractivity contribution in [2.45, 2.75) is 69.2 Å². The highest BCUT2D eigenvalue weighted by Crippen LogP contribution is 2.60. The summed E-state index contributed by atoms with van der Waals surface area (Å²) in [6.45, 7) is 5.33. The third kappa shape index (κ3) is 5.94. The number of hydrogen-bond acceptors (Lipinski definition) is 6. The van der Waals surface area contributed by atoms with Crippen LogP contribution in [0.5, 0.6) is 5.75 Å². The first-order chi connectivity index (χ1) is 25.4. The molecule has 4 aromatic carbocycles. The van der Waals surface area contributed by atoms with E-state index < -0.39 is 37.6 Å². The smallest absolute Gasteiger partial charge is 0.269 e. The molecule has 5 atom stereocenters. The van der Waals surface area contributed by atoms with E-state index in [1.54, 1.807) is 46.0 Å². The van der Waals surface area contributed by atoms with E-state index in [1.165, 1.54) is 0 Å². The third-order valence-electron chi connectivity index (χ3n) is 11.4. The second-order valence-electron chi connectivity index (χ2n) is 15.0. The van der Waals surface area contributed by atoms with Crippen LogP contribution in [0.1, 0.15) is 35.6 Å². The molecule has 0 unspecified atom stereocenters. The van der Waals surface area contributed by atoms with Crippen molar-refractivity contribution in [2.75, 3.05) is 23.0 Å². The summed E-state index contributed by atoms with van der Waals surface area (Å²) < 4.78 is 29.0. The van der Waals surface area contributed by atoms with Gasteiger partial charge < -0.3 is 28.5 Å². The summed E-state index contributed by atoms with van der Waals surface area (Å²) in [6, 6.07) is 27.5. The number of fused-ring (bicyclic) bond motifs is 4. The van der Waals surface area contributed by atoms with Crippen LogP contribution in [0.2, 0.25) is 23.7 Å². The highest BCUT2D eigenvalue weighted by atomic mass is 35.5. The number of carbonyl (C=O) groups is 3. The molecular formula is C41H41ClFN3O6Si. The summed E-state index contributed by atoms with van der Waals surface area (Å²) in [5, 5.41) is 10.7. The van der Waals surface area contributed by atoms with Crippen molar-refractivity contribution in [3.8, 4) is 5.75 Å². The average molecular weight is 754 g/mol. The van der Waals surface area contributed by atoms with Crippen molar-refractivity contribution >= 4 is 54.8 Å². The maximum atomic E-state index is 16.5. The van der Waals surface area contributed by atoms with Gasteiger partial charge in [-0.1, -0.05) is 67.1 Å². The lowest BCUT2D eigenvalue weighted by molar-refractivity contribution is -0.151. The minimum atomic E-state index is -3.55. The van der Waals surface area contributed by atoms with Crippen molar-refractivity contribution in [3.63, 3.8) is 0 Å². The number of hydrogen-bond donors (Lipinski definition) is 1. The molecule has 1 saturated heterocycles. The Morgan fingerprint density at radius 1 is 0.981 bits per heavy atom. The van der Waals surface area contributed by atoms with Crippen LogP contribution >= 0.6 is 11.6 Å². The van der Waals surface area contributed by atoms with Crippen LogP contribution in [-0.2, 0) is 44.2 Å². The van der Waals surface area contributed by atoms with Gasteiger partial charge in [0.25, 0.3) is 11.8 Å². The van der Waals surface area contributed by atoms with Crippen LogP contribution in [0.4, 0.5) is 21.2 Å². The number of aliphatic hydroxyl groups is 1. The Kier molecular flexibility index (Phi) is 8.96. The Balaban J connectivity index is 1.09. The largest absolute Gasteiger partial charge is 0.482 e. The minimum absolute atomic E-state index is 0.0687. The van der Waals surface area contributed by atoms with Gasteiger partial charge in [-0.05, 0) is 78.7 Å². The van der Waals surface area contributed by atoms with Crippen LogP contribution in [0.3, 0.4) is 0 Å². The quantitative estimate of drug-likeness (QED) is 0.160. The van der Waals surface area contributed by atoms with Gasteiger partial charge in [-0.3, -0.25) is 19.3 Å². The number of benzene rings is 4. The number of ether oxygens (including phenoxy) is 2. The molecule has 4 heterocycles. The van der Waals surface area contributed by atoms with E-state index in [-0.39, 0.29) is 43.9 Å². The summed E-state index contributed by atoms with van der Waals surface area (Å²) in [5.74, 6) is -0.747. The molecule has 1 spiro atoms. The Labute approximate surface area is 314 Å². The monoisotopic (exact) mass is 753 g/mol. The molecule has 0 bridgehead atoms. The van der Waals surface area contributed by atoms with Crippen molar-refractivity contribution in [1.82, 2.24) is 4.90 Å². The van der Waals surface area contributed by atoms with Crippen LogP contribution in [0.15, 0.2) is 91.0 Å². The zero-order valence-corrected chi connectivity index (χ0v) is 31.6. The maximum Gasteiger partial charge on any atom is 0.269 e. The lowest BCUT2D eigenvalue weighted by Crippen LogP contribution is -2.48. The highest BCUT2D eigenvalue weighted by Gasteiger charge is 2.67. The molecule has 3 amide bonds. The molecule has 9 nitrogen and oxygen atoms in total. The standard InChI is InChI=1S/C41H41ClFN3O6Si/c1-25-39(53(2,3)43)36(20-37(48)44-22-28-9-5-4-8-27(28)18-31(44)23-47)52-41(25)32-19-29(42)14-17-33(32)45(40(41)50)21-26-12-15-30(16-13-26)46-34-10-6-7-11-35(34)51-24-38(46)49/h4-17,19,25,31,36,39,47H,18,20-24H2,1-3H3/t25-,31+,36+,39-,41+/m1/s1. The van der Waals surface area contributed by atoms with Crippen molar-refractivity contribution < 1.29 is 33.1 Å². The predicted molar refractivity (Wildman–Crippen MR) is 202 cm³/mol. The van der Waals surface area contributed by atoms with Gasteiger partial charge >= 0.3 is 0 Å². The van der Waals surface area contributed by atoms with Gasteiger partial charge in [0, 0.05) is 34.3 Å². The maximum absolute atomic E-state index is 16.5. The molecule has 4 aromatic rings. The molecule has 274 valence electrons. The van der Waals surface area contributed by atoms with Gasteiger partial charge in [-0.25, -0.2) is 0 Å². The first kappa shape index (κ1) is 35.5. The molecular weight excluding hydrogens is 713 g/mol. The number of carbonyl (C=O) groups excluding carboxylic acids is 3. The lowest BCUT2D eigenvalue weighted by Gasteiger charge is -2.37. The van der Waals surface area contributed by atoms with E-state index in [1.807, 2.05) is 79.7 Å². The average Bonchev–Trinajstić information content (AvgIpc) is 3.56. The summed E-state index contributed by atoms with van der Waals surface area (Å²) >= 11 is 6.57. The molecule has 1 N–H and O–H groups in total. The summed E-state index contributed by atoms with van der Waals surface area (Å²) in [5.41, 5.74) is 3.19. The molecule has 4 aliphatic rings. The third-order valence-corrected chi connectivity index (χ3v) is 14.1. The van der Waals surface area contributed by atoms with E-state index in [9.17, 15) is 19.5 Å². The van der Waals surface area contributed by atoms with Crippen molar-refractivity contribution in [1.29, 1.82) is 0 Å². The van der Waals surface area contributed by atoms with Gasteiger partial charge in [-0.2, -0.15) is 0 Å². The number of amides is 3. The van der Waals surface area contributed by atoms with Gasteiger partial charge in [0.2, 0.25) is 14.3 Å². The number of nitrogens with zero attached hydrogens (tertiary/aromatic N) is 3. The lowest BCUT2D eigenvalue weighted by atomic mass is 9.82. The summed E-state index contributed by atoms with van der Waals surface area (Å²) in [7, 11) is -3.55. The zero-order valence-electron chi connectivity index (χ0n) is 29.8. The van der Waals surface area contributed by atoms with Crippen molar-refractivity contribution in [3.05, 3.63) is 118 Å². The number of anilines is 3. The van der Waals surface area contributed by atoms with Crippen LogP contribution in [0.25, 0.3) is 0 Å². The highest BCUT2D eigenvalue weighted by molar-refractivity contribution is 6.72. The number of para-hydroxylation sites is 2. The SMILES string of the molecule is C[C@@H]1[C@@H]([Si](C)(C)F)[C@H](CC(=O)N2Cc3ccccc3C[C@H]2CO)O[C@@]12C(=O)N(Cc1ccc(N3C(=O)COc4ccccc43)cc1)c1ccc(Cl)cc12. The minimum Gasteiger partial charge on any atom is -0.482 e. The fraction of sp³-hybridized carbons (Fsp3) is 0.341. The van der Waals surface area contributed by atoms with Crippen LogP contribution in [0, 0.1) is 5.92 Å². The molecule has 53 heavy (non-hydrogen) atoms. The molecule has 0 radical (unpaired) electrons.